The van der Waals surface area contributed by atoms with Gasteiger partial charge in [-0.05, 0) is 37.8 Å². The first-order valence-corrected chi connectivity index (χ1v) is 11.8. The number of fused-ring (bicyclic) bond motifs is 1. The first-order chi connectivity index (χ1) is 15.7. The van der Waals surface area contributed by atoms with Gasteiger partial charge in [0.2, 0.25) is 0 Å². The highest BCUT2D eigenvalue weighted by atomic mass is 16.5. The van der Waals surface area contributed by atoms with Crippen molar-refractivity contribution in [2.75, 3.05) is 6.61 Å². The molecule has 0 radical (unpaired) electrons. The quantitative estimate of drug-likeness (QED) is 0.620. The third kappa shape index (κ3) is 4.35. The Morgan fingerprint density at radius 1 is 1.03 bits per heavy atom. The molecule has 0 aromatic heterocycles. The van der Waals surface area contributed by atoms with Crippen LogP contribution in [0.3, 0.4) is 0 Å². The molecule has 168 valence electrons. The third-order valence-electron chi connectivity index (χ3n) is 6.60. The number of amides is 1. The maximum atomic E-state index is 13.4. The first-order valence-electron chi connectivity index (χ1n) is 11.8. The van der Waals surface area contributed by atoms with Gasteiger partial charge in [-0.2, -0.15) is 9.78 Å². The van der Waals surface area contributed by atoms with Crippen LogP contribution in [0.4, 0.5) is 0 Å². The summed E-state index contributed by atoms with van der Waals surface area (Å²) in [7, 11) is 0. The zero-order chi connectivity index (χ0) is 21.9. The van der Waals surface area contributed by atoms with E-state index in [2.05, 4.69) is 10.4 Å². The lowest BCUT2D eigenvalue weighted by Crippen LogP contribution is -2.35. The minimum atomic E-state index is -0.212. The summed E-state index contributed by atoms with van der Waals surface area (Å²) in [5, 5.41) is 7.81. The zero-order valence-electron chi connectivity index (χ0n) is 18.3. The predicted molar refractivity (Wildman–Crippen MR) is 122 cm³/mol. The molecule has 3 heterocycles. The monoisotopic (exact) mass is 434 g/mol. The van der Waals surface area contributed by atoms with Crippen LogP contribution in [0, 0.1) is 0 Å². The minimum absolute atomic E-state index is 0.106. The standard InChI is InChI=1S/C25H30N4O3/c30-24(26-18-9-4-1-2-5-10-18)21-16-28(15-20-13-8-14-32-20)17-22-23(21)27-29(25(22)31)19-11-6-3-7-12-19/h3,6-7,11-12,16-18,20H,1-2,4-5,8-10,13-15H2,(H,26,30)/t20-/m0/s1. The van der Waals surface area contributed by atoms with Gasteiger partial charge in [-0.15, -0.1) is 0 Å². The van der Waals surface area contributed by atoms with Gasteiger partial charge in [0.15, 0.2) is 0 Å². The predicted octanol–water partition coefficient (Wildman–Crippen LogP) is 3.77. The smallest absolute Gasteiger partial charge is 0.282 e. The van der Waals surface area contributed by atoms with Gasteiger partial charge in [0, 0.05) is 31.6 Å². The largest absolute Gasteiger partial charge is 0.376 e. The molecule has 7 nitrogen and oxygen atoms in total. The van der Waals surface area contributed by atoms with Crippen molar-refractivity contribution in [1.29, 1.82) is 0 Å². The number of pyridine rings is 1. The normalized spacial score (nSPS) is 19.8. The highest BCUT2D eigenvalue weighted by Gasteiger charge is 2.27. The fourth-order valence-electron chi connectivity index (χ4n) is 4.89. The lowest BCUT2D eigenvalue weighted by Gasteiger charge is -2.19. The lowest BCUT2D eigenvalue weighted by molar-refractivity contribution is 0.0922. The van der Waals surface area contributed by atoms with Crippen LogP contribution in [0.15, 0.2) is 47.5 Å². The second kappa shape index (κ2) is 9.28. The molecule has 5 rings (SSSR count). The summed E-state index contributed by atoms with van der Waals surface area (Å²) < 4.78 is 9.11. The van der Waals surface area contributed by atoms with E-state index in [0.29, 0.717) is 29.1 Å². The van der Waals surface area contributed by atoms with E-state index >= 15 is 0 Å². The number of aromatic nitrogens is 3. The van der Waals surface area contributed by atoms with Gasteiger partial charge in [-0.3, -0.25) is 9.59 Å². The number of nitrogens with one attached hydrogen (secondary N) is 1. The molecule has 1 aliphatic carbocycles. The molecule has 1 amide bonds. The Kier molecular flexibility index (Phi) is 6.08. The molecular formula is C25H30N4O3. The number of hydrogen-bond donors (Lipinski definition) is 1. The van der Waals surface area contributed by atoms with Crippen LogP contribution in [0.2, 0.25) is 0 Å². The van der Waals surface area contributed by atoms with E-state index in [9.17, 15) is 9.59 Å². The van der Waals surface area contributed by atoms with E-state index in [4.69, 9.17) is 4.74 Å². The summed E-state index contributed by atoms with van der Waals surface area (Å²) in [5.41, 5.74) is 1.84. The summed E-state index contributed by atoms with van der Waals surface area (Å²) in [6, 6.07) is 9.52. The number of ether oxygens (including phenoxy) is 1. The second-order valence-electron chi connectivity index (χ2n) is 8.98. The van der Waals surface area contributed by atoms with Crippen molar-refractivity contribution in [2.24, 2.45) is 0 Å². The topological polar surface area (TPSA) is 78.2 Å². The molecule has 1 N–H and O–H groups in total. The first kappa shape index (κ1) is 20.9. The molecule has 3 aliphatic heterocycles. The Bertz CT molecular complexity index is 1090. The van der Waals surface area contributed by atoms with Crippen LogP contribution in [-0.4, -0.2) is 39.0 Å². The van der Waals surface area contributed by atoms with Gasteiger partial charge in [0.05, 0.1) is 22.9 Å². The van der Waals surface area contributed by atoms with Crippen LogP contribution in [0.5, 0.6) is 0 Å². The highest BCUT2D eigenvalue weighted by molar-refractivity contribution is 6.00. The fourth-order valence-corrected chi connectivity index (χ4v) is 4.89. The average molecular weight is 435 g/mol. The van der Waals surface area contributed by atoms with Crippen molar-refractivity contribution in [3.05, 3.63) is 58.6 Å². The zero-order valence-corrected chi connectivity index (χ0v) is 18.3. The van der Waals surface area contributed by atoms with Gasteiger partial charge in [-0.25, -0.2) is 0 Å². The van der Waals surface area contributed by atoms with Crippen molar-refractivity contribution in [2.45, 2.75) is 70.1 Å². The molecule has 1 aromatic carbocycles. The van der Waals surface area contributed by atoms with Crippen LogP contribution in [0.1, 0.15) is 61.7 Å². The molecule has 32 heavy (non-hydrogen) atoms. The Balaban J connectivity index is 1.54. The SMILES string of the molecule is O=C(NC1CCCCCC1)c1cn(C[C@@H]2CCCO2)cc2c(=O)n(-c3ccccc3)nc1-2. The van der Waals surface area contributed by atoms with Crippen LogP contribution in [-0.2, 0) is 11.3 Å². The van der Waals surface area contributed by atoms with E-state index in [1.807, 2.05) is 47.3 Å². The number of hydrogen-bond acceptors (Lipinski definition) is 4. The molecule has 1 aromatic rings. The average Bonchev–Trinajstić information content (AvgIpc) is 3.35. The van der Waals surface area contributed by atoms with Gasteiger partial charge in [0.1, 0.15) is 5.69 Å². The Morgan fingerprint density at radius 3 is 2.53 bits per heavy atom. The van der Waals surface area contributed by atoms with E-state index in [1.165, 1.54) is 17.5 Å². The molecule has 0 unspecified atom stereocenters. The molecule has 2 fully saturated rings. The number of nitrogens with zero attached hydrogens (tertiary/aromatic N) is 3. The summed E-state index contributed by atoms with van der Waals surface area (Å²) >= 11 is 0. The molecule has 1 saturated carbocycles. The fraction of sp³-hybridized carbons (Fsp3) is 0.480. The van der Waals surface area contributed by atoms with Crippen molar-refractivity contribution >= 4 is 5.91 Å². The van der Waals surface area contributed by atoms with Crippen LogP contribution in [0.25, 0.3) is 16.9 Å². The highest BCUT2D eigenvalue weighted by Crippen LogP contribution is 2.25. The number of carbonyl (C=O) groups excluding carboxylic acids is 1. The number of para-hydroxylation sites is 1. The Hall–Kier alpha value is -2.93. The van der Waals surface area contributed by atoms with Crippen molar-refractivity contribution in [1.82, 2.24) is 19.7 Å². The number of carbonyl (C=O) groups is 1. The summed E-state index contributed by atoms with van der Waals surface area (Å²) in [6.45, 7) is 1.39. The molecule has 0 bridgehead atoms. The molecule has 1 saturated heterocycles. The van der Waals surface area contributed by atoms with E-state index in [1.54, 1.807) is 0 Å². The summed E-state index contributed by atoms with van der Waals surface area (Å²) in [4.78, 5) is 26.6. The van der Waals surface area contributed by atoms with Crippen LogP contribution >= 0.6 is 0 Å². The molecule has 1 atom stereocenters. The van der Waals surface area contributed by atoms with E-state index < -0.39 is 0 Å². The molecule has 4 aliphatic rings. The third-order valence-corrected chi connectivity index (χ3v) is 6.60. The van der Waals surface area contributed by atoms with Gasteiger partial charge in [0.25, 0.3) is 11.5 Å². The van der Waals surface area contributed by atoms with E-state index in [0.717, 1.165) is 45.1 Å². The summed E-state index contributed by atoms with van der Waals surface area (Å²) in [5.74, 6) is -0.152. The molecular weight excluding hydrogens is 404 g/mol. The second-order valence-corrected chi connectivity index (χ2v) is 8.98. The van der Waals surface area contributed by atoms with Crippen molar-refractivity contribution < 1.29 is 9.53 Å². The number of rotatable bonds is 5. The lowest BCUT2D eigenvalue weighted by atomic mass is 10.1. The maximum Gasteiger partial charge on any atom is 0.282 e. The number of benzene rings is 1. The van der Waals surface area contributed by atoms with Crippen LogP contribution < -0.4 is 10.9 Å². The van der Waals surface area contributed by atoms with Gasteiger partial charge < -0.3 is 14.6 Å². The molecule has 7 heteroatoms. The van der Waals surface area contributed by atoms with Gasteiger partial charge >= 0.3 is 0 Å². The molecule has 0 spiro atoms. The minimum Gasteiger partial charge on any atom is -0.376 e. The Labute approximate surface area is 187 Å². The Morgan fingerprint density at radius 2 is 1.81 bits per heavy atom. The van der Waals surface area contributed by atoms with Crippen molar-refractivity contribution in [3.63, 3.8) is 0 Å². The van der Waals surface area contributed by atoms with Gasteiger partial charge in [-0.1, -0.05) is 43.9 Å². The maximum absolute atomic E-state index is 13.4. The summed E-state index contributed by atoms with van der Waals surface area (Å²) in [6.07, 6.45) is 12.5. The van der Waals surface area contributed by atoms with E-state index in [-0.39, 0.29) is 23.6 Å². The van der Waals surface area contributed by atoms with Crippen molar-refractivity contribution in [3.8, 4) is 16.9 Å².